The van der Waals surface area contributed by atoms with Crippen molar-refractivity contribution in [2.45, 2.75) is 33.4 Å². The number of benzene rings is 1. The van der Waals surface area contributed by atoms with Crippen LogP contribution in [-0.4, -0.2) is 23.9 Å². The summed E-state index contributed by atoms with van der Waals surface area (Å²) in [4.78, 5) is 13.8. The van der Waals surface area contributed by atoms with Gasteiger partial charge >= 0.3 is 0 Å². The van der Waals surface area contributed by atoms with Crippen LogP contribution in [0.1, 0.15) is 26.3 Å². The van der Waals surface area contributed by atoms with Crippen molar-refractivity contribution in [3.63, 3.8) is 0 Å². The third-order valence-electron chi connectivity index (χ3n) is 2.98. The van der Waals surface area contributed by atoms with E-state index < -0.39 is 6.04 Å². The number of nitrogens with zero attached hydrogens (tertiary/aromatic N) is 1. The van der Waals surface area contributed by atoms with E-state index in [0.29, 0.717) is 16.6 Å². The van der Waals surface area contributed by atoms with Gasteiger partial charge in [-0.1, -0.05) is 50.0 Å². The highest BCUT2D eigenvalue weighted by Crippen LogP contribution is 2.24. The Morgan fingerprint density at radius 2 is 1.89 bits per heavy atom. The SMILES string of the molecule is CN(Cc1ccc(Cl)c(Cl)c1)C(=O)C(N)C(C)(C)C. The second kappa shape index (κ2) is 6.12. The number of amides is 1. The number of nitrogens with two attached hydrogens (primary N) is 1. The monoisotopic (exact) mass is 302 g/mol. The molecule has 0 aliphatic carbocycles. The fraction of sp³-hybridized carbons (Fsp3) is 0.500. The van der Waals surface area contributed by atoms with Crippen LogP contribution in [0.15, 0.2) is 18.2 Å². The average Bonchev–Trinajstić information content (AvgIpc) is 2.30. The van der Waals surface area contributed by atoms with Crippen LogP contribution in [0.3, 0.4) is 0 Å². The molecule has 106 valence electrons. The van der Waals surface area contributed by atoms with Crippen LogP contribution >= 0.6 is 23.2 Å². The van der Waals surface area contributed by atoms with E-state index in [1.807, 2.05) is 26.8 Å². The average molecular weight is 303 g/mol. The molecule has 3 nitrogen and oxygen atoms in total. The quantitative estimate of drug-likeness (QED) is 0.931. The minimum Gasteiger partial charge on any atom is -0.340 e. The lowest BCUT2D eigenvalue weighted by Gasteiger charge is -2.30. The molecule has 1 rings (SSSR count). The Hall–Kier alpha value is -0.770. The van der Waals surface area contributed by atoms with Crippen molar-refractivity contribution in [1.29, 1.82) is 0 Å². The van der Waals surface area contributed by atoms with E-state index in [1.54, 1.807) is 24.1 Å². The van der Waals surface area contributed by atoms with Gasteiger partial charge in [-0.3, -0.25) is 4.79 Å². The second-order valence-corrected chi connectivity index (χ2v) is 6.60. The minimum absolute atomic E-state index is 0.0847. The molecule has 1 aromatic carbocycles. The van der Waals surface area contributed by atoms with Gasteiger partial charge in [0.2, 0.25) is 5.91 Å². The molecule has 2 N–H and O–H groups in total. The molecule has 0 aliphatic rings. The van der Waals surface area contributed by atoms with Crippen molar-refractivity contribution >= 4 is 29.1 Å². The molecule has 0 aliphatic heterocycles. The van der Waals surface area contributed by atoms with Crippen LogP contribution in [0.2, 0.25) is 10.0 Å². The molecule has 0 fully saturated rings. The Balaban J connectivity index is 2.76. The van der Waals surface area contributed by atoms with E-state index >= 15 is 0 Å². The smallest absolute Gasteiger partial charge is 0.240 e. The highest BCUT2D eigenvalue weighted by molar-refractivity contribution is 6.42. The van der Waals surface area contributed by atoms with E-state index in [9.17, 15) is 4.79 Å². The van der Waals surface area contributed by atoms with Gasteiger partial charge in [-0.15, -0.1) is 0 Å². The van der Waals surface area contributed by atoms with E-state index in [0.717, 1.165) is 5.56 Å². The van der Waals surface area contributed by atoms with Crippen molar-refractivity contribution in [2.24, 2.45) is 11.1 Å². The molecule has 0 heterocycles. The fourth-order valence-electron chi connectivity index (χ4n) is 1.60. The molecule has 0 radical (unpaired) electrons. The van der Waals surface area contributed by atoms with Gasteiger partial charge < -0.3 is 10.6 Å². The van der Waals surface area contributed by atoms with Crippen LogP contribution < -0.4 is 5.73 Å². The minimum atomic E-state index is -0.528. The molecular formula is C14H20Cl2N2O. The number of hydrogen-bond donors (Lipinski definition) is 1. The first-order valence-corrected chi connectivity index (χ1v) is 6.83. The summed E-state index contributed by atoms with van der Waals surface area (Å²) in [7, 11) is 1.73. The summed E-state index contributed by atoms with van der Waals surface area (Å²) in [6.45, 7) is 6.30. The summed E-state index contributed by atoms with van der Waals surface area (Å²) in [6.07, 6.45) is 0. The summed E-state index contributed by atoms with van der Waals surface area (Å²) >= 11 is 11.8. The molecular weight excluding hydrogens is 283 g/mol. The Labute approximate surface area is 124 Å². The maximum Gasteiger partial charge on any atom is 0.240 e. The zero-order chi connectivity index (χ0) is 14.8. The van der Waals surface area contributed by atoms with Crippen molar-refractivity contribution < 1.29 is 4.79 Å². The van der Waals surface area contributed by atoms with Gasteiger partial charge in [-0.2, -0.15) is 0 Å². The highest BCUT2D eigenvalue weighted by atomic mass is 35.5. The predicted octanol–water partition coefficient (Wildman–Crippen LogP) is 3.33. The number of likely N-dealkylation sites (N-methyl/N-ethyl adjacent to an activating group) is 1. The Morgan fingerprint density at radius 1 is 1.32 bits per heavy atom. The first-order valence-electron chi connectivity index (χ1n) is 6.07. The number of hydrogen-bond acceptors (Lipinski definition) is 2. The molecule has 0 spiro atoms. The van der Waals surface area contributed by atoms with E-state index in [-0.39, 0.29) is 11.3 Å². The van der Waals surface area contributed by atoms with Crippen LogP contribution in [-0.2, 0) is 11.3 Å². The van der Waals surface area contributed by atoms with Gasteiger partial charge in [0.05, 0.1) is 16.1 Å². The molecule has 0 bridgehead atoms. The second-order valence-electron chi connectivity index (χ2n) is 5.79. The summed E-state index contributed by atoms with van der Waals surface area (Å²) in [5.74, 6) is -0.0847. The summed E-state index contributed by atoms with van der Waals surface area (Å²) < 4.78 is 0. The maximum absolute atomic E-state index is 12.2. The lowest BCUT2D eigenvalue weighted by atomic mass is 9.86. The van der Waals surface area contributed by atoms with Crippen LogP contribution in [0.5, 0.6) is 0 Å². The third kappa shape index (κ3) is 4.37. The summed E-state index contributed by atoms with van der Waals surface area (Å²) in [5.41, 5.74) is 6.63. The van der Waals surface area contributed by atoms with Gasteiger partial charge in [-0.25, -0.2) is 0 Å². The van der Waals surface area contributed by atoms with Crippen molar-refractivity contribution in [3.8, 4) is 0 Å². The first kappa shape index (κ1) is 16.3. The summed E-state index contributed by atoms with van der Waals surface area (Å²) in [6, 6.07) is 4.80. The largest absolute Gasteiger partial charge is 0.340 e. The normalized spacial score (nSPS) is 13.2. The first-order chi connectivity index (χ1) is 8.62. The highest BCUT2D eigenvalue weighted by Gasteiger charge is 2.29. The molecule has 0 saturated heterocycles. The lowest BCUT2D eigenvalue weighted by molar-refractivity contribution is -0.134. The van der Waals surface area contributed by atoms with E-state index in [1.165, 1.54) is 0 Å². The zero-order valence-electron chi connectivity index (χ0n) is 11.7. The molecule has 19 heavy (non-hydrogen) atoms. The summed E-state index contributed by atoms with van der Waals surface area (Å²) in [5, 5.41) is 0.992. The molecule has 1 atom stereocenters. The number of rotatable bonds is 3. The van der Waals surface area contributed by atoms with Gasteiger partial charge in [0.25, 0.3) is 0 Å². The number of carbonyl (C=O) groups excluding carboxylic acids is 1. The molecule has 5 heteroatoms. The standard InChI is InChI=1S/C14H20Cl2N2O/c1-14(2,3)12(17)13(19)18(4)8-9-5-6-10(15)11(16)7-9/h5-7,12H,8,17H2,1-4H3. The van der Waals surface area contributed by atoms with E-state index in [4.69, 9.17) is 28.9 Å². The van der Waals surface area contributed by atoms with Gasteiger partial charge in [0.15, 0.2) is 0 Å². The number of carbonyl (C=O) groups is 1. The van der Waals surface area contributed by atoms with Gasteiger partial charge in [-0.05, 0) is 23.1 Å². The van der Waals surface area contributed by atoms with Gasteiger partial charge in [0.1, 0.15) is 0 Å². The molecule has 1 aromatic rings. The zero-order valence-corrected chi connectivity index (χ0v) is 13.2. The third-order valence-corrected chi connectivity index (χ3v) is 3.72. The maximum atomic E-state index is 12.2. The Kier molecular flexibility index (Phi) is 5.25. The van der Waals surface area contributed by atoms with Crippen LogP contribution in [0, 0.1) is 5.41 Å². The fourth-order valence-corrected chi connectivity index (χ4v) is 1.92. The van der Waals surface area contributed by atoms with E-state index in [2.05, 4.69) is 0 Å². The predicted molar refractivity (Wildman–Crippen MR) is 80.4 cm³/mol. The molecule has 1 unspecified atom stereocenters. The Bertz CT molecular complexity index is 469. The number of halogens is 2. The van der Waals surface area contributed by atoms with Gasteiger partial charge in [0, 0.05) is 13.6 Å². The van der Waals surface area contributed by atoms with Crippen LogP contribution in [0.25, 0.3) is 0 Å². The van der Waals surface area contributed by atoms with Crippen LogP contribution in [0.4, 0.5) is 0 Å². The molecule has 1 amide bonds. The Morgan fingerprint density at radius 3 is 2.37 bits per heavy atom. The topological polar surface area (TPSA) is 46.3 Å². The molecule has 0 saturated carbocycles. The van der Waals surface area contributed by atoms with Crippen molar-refractivity contribution in [3.05, 3.63) is 33.8 Å². The van der Waals surface area contributed by atoms with Crippen molar-refractivity contribution in [2.75, 3.05) is 7.05 Å². The van der Waals surface area contributed by atoms with Crippen molar-refractivity contribution in [1.82, 2.24) is 4.90 Å². The lowest BCUT2D eigenvalue weighted by Crippen LogP contribution is -2.48. The molecule has 0 aromatic heterocycles.